The van der Waals surface area contributed by atoms with Crippen molar-refractivity contribution in [1.29, 1.82) is 0 Å². The van der Waals surface area contributed by atoms with Gasteiger partial charge in [0.15, 0.2) is 11.5 Å². The van der Waals surface area contributed by atoms with E-state index in [0.717, 1.165) is 69.0 Å². The van der Waals surface area contributed by atoms with Gasteiger partial charge in [0.1, 0.15) is 0 Å². The number of carbonyl (C=O) groups is 1. The predicted octanol–water partition coefficient (Wildman–Crippen LogP) is 3.33. The third kappa shape index (κ3) is 4.49. The van der Waals surface area contributed by atoms with Crippen molar-refractivity contribution in [3.63, 3.8) is 0 Å². The van der Waals surface area contributed by atoms with Crippen molar-refractivity contribution in [1.82, 2.24) is 9.80 Å². The first-order valence-electron chi connectivity index (χ1n) is 11.5. The number of amides is 1. The first kappa shape index (κ1) is 20.2. The molecule has 0 spiro atoms. The first-order chi connectivity index (χ1) is 15.3. The van der Waals surface area contributed by atoms with Crippen molar-refractivity contribution >= 4 is 11.6 Å². The van der Waals surface area contributed by atoms with Gasteiger partial charge in [0, 0.05) is 44.8 Å². The fourth-order valence-corrected chi connectivity index (χ4v) is 4.88. The highest BCUT2D eigenvalue weighted by molar-refractivity contribution is 5.79. The molecule has 6 nitrogen and oxygen atoms in total. The van der Waals surface area contributed by atoms with Gasteiger partial charge < -0.3 is 19.3 Å². The number of fused-ring (bicyclic) bond motifs is 1. The number of anilines is 1. The smallest absolute Gasteiger partial charge is 0.237 e. The van der Waals surface area contributed by atoms with E-state index in [1.807, 2.05) is 12.1 Å². The number of hydrogen-bond donors (Lipinski definition) is 0. The van der Waals surface area contributed by atoms with Gasteiger partial charge in [-0.15, -0.1) is 0 Å². The Kier molecular flexibility index (Phi) is 5.98. The zero-order chi connectivity index (χ0) is 21.0. The maximum absolute atomic E-state index is 13.2. The fraction of sp³-hybridized carbons (Fsp3) is 0.480. The van der Waals surface area contributed by atoms with E-state index < -0.39 is 0 Å². The molecule has 5 rings (SSSR count). The lowest BCUT2D eigenvalue weighted by molar-refractivity contribution is -0.133. The van der Waals surface area contributed by atoms with Gasteiger partial charge in [0.2, 0.25) is 5.91 Å². The van der Waals surface area contributed by atoms with Gasteiger partial charge in [-0.05, 0) is 42.7 Å². The molecule has 1 atom stereocenters. The second-order valence-electron chi connectivity index (χ2n) is 8.60. The predicted molar refractivity (Wildman–Crippen MR) is 121 cm³/mol. The summed E-state index contributed by atoms with van der Waals surface area (Å²) in [5, 5.41) is 0. The lowest BCUT2D eigenvalue weighted by Gasteiger charge is -2.37. The summed E-state index contributed by atoms with van der Waals surface area (Å²) in [6, 6.07) is 16.8. The van der Waals surface area contributed by atoms with Crippen molar-refractivity contribution in [3.8, 4) is 11.5 Å². The van der Waals surface area contributed by atoms with Crippen molar-refractivity contribution in [3.05, 3.63) is 54.1 Å². The summed E-state index contributed by atoms with van der Waals surface area (Å²) in [5.41, 5.74) is 2.42. The molecule has 0 aliphatic carbocycles. The van der Waals surface area contributed by atoms with Crippen molar-refractivity contribution in [2.24, 2.45) is 0 Å². The van der Waals surface area contributed by atoms with Crippen LogP contribution in [0.3, 0.4) is 0 Å². The minimum absolute atomic E-state index is 0.135. The molecule has 3 aliphatic rings. The van der Waals surface area contributed by atoms with Gasteiger partial charge in [-0.1, -0.05) is 24.3 Å². The second kappa shape index (κ2) is 9.18. The van der Waals surface area contributed by atoms with Gasteiger partial charge in [0.05, 0.1) is 25.8 Å². The lowest BCUT2D eigenvalue weighted by atomic mass is 10.0. The molecule has 164 valence electrons. The number of rotatable bonds is 4. The van der Waals surface area contributed by atoms with Crippen LogP contribution in [-0.4, -0.2) is 68.2 Å². The lowest BCUT2D eigenvalue weighted by Crippen LogP contribution is -2.50. The number of nitrogens with zero attached hydrogens (tertiary/aromatic N) is 3. The largest absolute Gasteiger partial charge is 0.490 e. The zero-order valence-electron chi connectivity index (χ0n) is 18.0. The molecule has 0 saturated carbocycles. The second-order valence-corrected chi connectivity index (χ2v) is 8.60. The van der Waals surface area contributed by atoms with Crippen molar-refractivity contribution in [2.45, 2.75) is 25.3 Å². The number of likely N-dealkylation sites (tertiary alicyclic amines) is 1. The van der Waals surface area contributed by atoms with Crippen LogP contribution in [0.2, 0.25) is 0 Å². The van der Waals surface area contributed by atoms with E-state index in [2.05, 4.69) is 51.1 Å². The monoisotopic (exact) mass is 421 g/mol. The minimum atomic E-state index is 0.135. The van der Waals surface area contributed by atoms with E-state index in [4.69, 9.17) is 9.47 Å². The van der Waals surface area contributed by atoms with Crippen LogP contribution in [0.5, 0.6) is 11.5 Å². The summed E-state index contributed by atoms with van der Waals surface area (Å²) >= 11 is 0. The van der Waals surface area contributed by atoms with E-state index in [0.29, 0.717) is 19.8 Å². The molecular formula is C25H31N3O3. The van der Waals surface area contributed by atoms with Crippen LogP contribution >= 0.6 is 0 Å². The summed E-state index contributed by atoms with van der Waals surface area (Å²) in [4.78, 5) is 20.0. The maximum Gasteiger partial charge on any atom is 0.237 e. The highest BCUT2D eigenvalue weighted by atomic mass is 16.5. The molecule has 0 N–H and O–H groups in total. The Balaban J connectivity index is 1.20. The molecular weight excluding hydrogens is 390 g/mol. The van der Waals surface area contributed by atoms with E-state index in [1.165, 1.54) is 5.69 Å². The van der Waals surface area contributed by atoms with Gasteiger partial charge in [-0.25, -0.2) is 0 Å². The van der Waals surface area contributed by atoms with E-state index >= 15 is 0 Å². The average Bonchev–Trinajstić information content (AvgIpc) is 3.19. The Morgan fingerprint density at radius 3 is 2.45 bits per heavy atom. The number of para-hydroxylation sites is 1. The molecule has 31 heavy (non-hydrogen) atoms. The molecule has 2 aromatic rings. The number of piperazine rings is 1. The molecule has 1 amide bonds. The highest BCUT2D eigenvalue weighted by Gasteiger charge is 2.32. The Morgan fingerprint density at radius 2 is 1.65 bits per heavy atom. The normalized spacial score (nSPS) is 21.7. The van der Waals surface area contributed by atoms with Gasteiger partial charge in [-0.3, -0.25) is 9.69 Å². The quantitative estimate of drug-likeness (QED) is 0.758. The van der Waals surface area contributed by atoms with Crippen LogP contribution in [0.1, 0.15) is 30.9 Å². The average molecular weight is 422 g/mol. The van der Waals surface area contributed by atoms with E-state index in [9.17, 15) is 4.79 Å². The Bertz CT molecular complexity index is 896. The molecule has 6 heteroatoms. The van der Waals surface area contributed by atoms with Crippen LogP contribution < -0.4 is 14.4 Å². The summed E-state index contributed by atoms with van der Waals surface area (Å²) < 4.78 is 11.6. The third-order valence-electron chi connectivity index (χ3n) is 6.58. The SMILES string of the molecule is O=C(CN1CCN(c2ccccc2)CC1)N1CCC[C@@H]1c1ccc2c(c1)OCCCO2. The van der Waals surface area contributed by atoms with Crippen LogP contribution in [0.15, 0.2) is 48.5 Å². The van der Waals surface area contributed by atoms with E-state index in [-0.39, 0.29) is 11.9 Å². The molecule has 0 radical (unpaired) electrons. The zero-order valence-corrected chi connectivity index (χ0v) is 18.0. The van der Waals surface area contributed by atoms with Crippen LogP contribution in [-0.2, 0) is 4.79 Å². The van der Waals surface area contributed by atoms with Crippen molar-refractivity contribution < 1.29 is 14.3 Å². The Morgan fingerprint density at radius 1 is 0.871 bits per heavy atom. The number of carbonyl (C=O) groups excluding carboxylic acids is 1. The highest BCUT2D eigenvalue weighted by Crippen LogP contribution is 2.38. The first-order valence-corrected chi connectivity index (χ1v) is 11.5. The van der Waals surface area contributed by atoms with Crippen molar-refractivity contribution in [2.75, 3.05) is 57.4 Å². The standard InChI is InChI=1S/C25H31N3O3/c29-25(19-26-12-14-27(15-13-26)21-6-2-1-3-7-21)28-11-4-8-22(28)20-9-10-23-24(18-20)31-17-5-16-30-23/h1-3,6-7,9-10,18,22H,4-5,8,11-17,19H2/t22-/m1/s1. The number of ether oxygens (including phenoxy) is 2. The van der Waals surface area contributed by atoms with E-state index in [1.54, 1.807) is 0 Å². The summed E-state index contributed by atoms with van der Waals surface area (Å²) in [5.74, 6) is 1.86. The molecule has 2 aromatic carbocycles. The summed E-state index contributed by atoms with van der Waals surface area (Å²) in [6.07, 6.45) is 2.95. The topological polar surface area (TPSA) is 45.3 Å². The molecule has 3 heterocycles. The van der Waals surface area contributed by atoms with Crippen LogP contribution in [0, 0.1) is 0 Å². The fourth-order valence-electron chi connectivity index (χ4n) is 4.88. The molecule has 0 unspecified atom stereocenters. The van der Waals surface area contributed by atoms with Gasteiger partial charge in [0.25, 0.3) is 0 Å². The van der Waals surface area contributed by atoms with Gasteiger partial charge in [-0.2, -0.15) is 0 Å². The number of hydrogen-bond acceptors (Lipinski definition) is 5. The molecule has 0 aromatic heterocycles. The molecule has 2 saturated heterocycles. The minimum Gasteiger partial charge on any atom is -0.490 e. The number of benzene rings is 2. The molecule has 0 bridgehead atoms. The van der Waals surface area contributed by atoms with Gasteiger partial charge >= 0.3 is 0 Å². The Hall–Kier alpha value is -2.73. The van der Waals surface area contributed by atoms with Crippen LogP contribution in [0.25, 0.3) is 0 Å². The maximum atomic E-state index is 13.2. The third-order valence-corrected chi connectivity index (χ3v) is 6.58. The molecule has 2 fully saturated rings. The summed E-state index contributed by atoms with van der Waals surface area (Å²) in [7, 11) is 0. The Labute approximate surface area is 184 Å². The molecule has 3 aliphatic heterocycles. The van der Waals surface area contributed by atoms with Crippen LogP contribution in [0.4, 0.5) is 5.69 Å². The summed E-state index contributed by atoms with van der Waals surface area (Å²) in [6.45, 7) is 6.47.